The van der Waals surface area contributed by atoms with Crippen molar-refractivity contribution in [1.82, 2.24) is 20.6 Å². The van der Waals surface area contributed by atoms with E-state index in [1.165, 1.54) is 23.5 Å². The number of aryl methyl sites for hydroxylation is 1. The van der Waals surface area contributed by atoms with Gasteiger partial charge < -0.3 is 10.2 Å². The molecule has 212 valence electrons. The Kier molecular flexibility index (Phi) is 10.2. The number of hydroxylamine groups is 2. The maximum Gasteiger partial charge on any atom is 0.492 e. The third kappa shape index (κ3) is 9.43. The van der Waals surface area contributed by atoms with Crippen LogP contribution in [0.25, 0.3) is 0 Å². The first-order chi connectivity index (χ1) is 18.3. The first-order valence-electron chi connectivity index (χ1n) is 12.6. The molecule has 2 aromatic rings. The van der Waals surface area contributed by atoms with Gasteiger partial charge in [-0.1, -0.05) is 68.5 Å². The summed E-state index contributed by atoms with van der Waals surface area (Å²) >= 11 is 1.26. The monoisotopic (exact) mass is 567 g/mol. The van der Waals surface area contributed by atoms with Crippen molar-refractivity contribution < 1.29 is 32.4 Å². The molecule has 1 aliphatic heterocycles. The van der Waals surface area contributed by atoms with Crippen LogP contribution in [0.5, 0.6) is 0 Å². The molecule has 1 fully saturated rings. The van der Waals surface area contributed by atoms with Crippen LogP contribution >= 0.6 is 11.3 Å². The van der Waals surface area contributed by atoms with E-state index in [0.717, 1.165) is 15.6 Å². The molecule has 2 amide bonds. The maximum absolute atomic E-state index is 13.1. The van der Waals surface area contributed by atoms with Gasteiger partial charge in [-0.05, 0) is 37.7 Å². The van der Waals surface area contributed by atoms with Gasteiger partial charge in [0.05, 0.1) is 0 Å². The SMILES string of the molecule is CC(C)(C)c1nnc(NC(=O)/C=C/[C@H](CCc2ccccc2)NC(=O)[C@@H]2CCCCN2OC(=O)C(F)(F)F)s1. The van der Waals surface area contributed by atoms with Crippen LogP contribution in [-0.4, -0.2) is 57.8 Å². The Balaban J connectivity index is 1.69. The van der Waals surface area contributed by atoms with Crippen molar-refractivity contribution in [3.05, 3.63) is 53.1 Å². The number of benzene rings is 1. The second kappa shape index (κ2) is 13.2. The zero-order chi connectivity index (χ0) is 28.6. The fraction of sp³-hybridized carbons (Fsp3) is 0.500. The fourth-order valence-electron chi connectivity index (χ4n) is 3.82. The van der Waals surface area contributed by atoms with E-state index in [4.69, 9.17) is 0 Å². The summed E-state index contributed by atoms with van der Waals surface area (Å²) in [6.07, 6.45) is -0.0964. The lowest BCUT2D eigenvalue weighted by Crippen LogP contribution is -2.53. The average Bonchev–Trinajstić information content (AvgIpc) is 3.35. The van der Waals surface area contributed by atoms with Gasteiger partial charge in [0.15, 0.2) is 0 Å². The average molecular weight is 568 g/mol. The van der Waals surface area contributed by atoms with Gasteiger partial charge in [-0.3, -0.25) is 14.9 Å². The molecular formula is C26H32F3N5O4S. The number of alkyl halides is 3. The molecule has 2 atom stereocenters. The molecule has 3 rings (SSSR count). The number of halogens is 3. The van der Waals surface area contributed by atoms with E-state index in [1.54, 1.807) is 0 Å². The van der Waals surface area contributed by atoms with Crippen molar-refractivity contribution in [2.75, 3.05) is 11.9 Å². The van der Waals surface area contributed by atoms with Crippen molar-refractivity contribution in [2.24, 2.45) is 0 Å². The van der Waals surface area contributed by atoms with Crippen LogP contribution in [0.15, 0.2) is 42.5 Å². The van der Waals surface area contributed by atoms with Gasteiger partial charge in [0.25, 0.3) is 0 Å². The van der Waals surface area contributed by atoms with Crippen LogP contribution < -0.4 is 10.6 Å². The molecule has 2 heterocycles. The quantitative estimate of drug-likeness (QED) is 0.434. The van der Waals surface area contributed by atoms with Crippen molar-refractivity contribution in [3.63, 3.8) is 0 Å². The van der Waals surface area contributed by atoms with E-state index in [2.05, 4.69) is 25.7 Å². The standard InChI is InChI=1S/C26H32F3N5O4S/c1-25(2,3)22-32-33-24(39-22)31-20(35)15-14-18(13-12-17-9-5-4-6-10-17)30-21(36)19-11-7-8-16-34(19)38-23(37)26(27,28)29/h4-6,9-10,14-15,18-19H,7-8,11-13,16H2,1-3H3,(H,30,36)(H,31,33,35)/b15-14+/t18-,19-/m0/s1. The van der Waals surface area contributed by atoms with E-state index >= 15 is 0 Å². The van der Waals surface area contributed by atoms with Gasteiger partial charge in [0.2, 0.25) is 16.9 Å². The number of piperidine rings is 1. The van der Waals surface area contributed by atoms with Crippen molar-refractivity contribution >= 4 is 34.3 Å². The Hall–Kier alpha value is -3.32. The number of hydrogen-bond acceptors (Lipinski definition) is 8. The predicted molar refractivity (Wildman–Crippen MR) is 140 cm³/mol. The summed E-state index contributed by atoms with van der Waals surface area (Å²) in [5.74, 6) is -3.43. The summed E-state index contributed by atoms with van der Waals surface area (Å²) in [6, 6.07) is 7.80. The van der Waals surface area contributed by atoms with Crippen LogP contribution in [0.4, 0.5) is 18.3 Å². The van der Waals surface area contributed by atoms with Gasteiger partial charge in [-0.15, -0.1) is 15.3 Å². The highest BCUT2D eigenvalue weighted by Crippen LogP contribution is 2.27. The van der Waals surface area contributed by atoms with Crippen LogP contribution in [-0.2, 0) is 31.1 Å². The number of aromatic nitrogens is 2. The number of nitrogens with zero attached hydrogens (tertiary/aromatic N) is 3. The normalized spacial score (nSPS) is 17.5. The minimum Gasteiger partial charge on any atom is -0.360 e. The molecular weight excluding hydrogens is 535 g/mol. The largest absolute Gasteiger partial charge is 0.492 e. The molecule has 0 aliphatic carbocycles. The fourth-order valence-corrected chi connectivity index (χ4v) is 4.63. The number of nitrogens with one attached hydrogen (secondary N) is 2. The Morgan fingerprint density at radius 1 is 1.15 bits per heavy atom. The zero-order valence-corrected chi connectivity index (χ0v) is 22.8. The number of carbonyl (C=O) groups is 3. The Labute approximate surface area is 228 Å². The van der Waals surface area contributed by atoms with Crippen molar-refractivity contribution in [3.8, 4) is 0 Å². The number of anilines is 1. The predicted octanol–water partition coefficient (Wildman–Crippen LogP) is 4.32. The lowest BCUT2D eigenvalue weighted by Gasteiger charge is -2.33. The lowest BCUT2D eigenvalue weighted by molar-refractivity contribution is -0.248. The highest BCUT2D eigenvalue weighted by atomic mass is 32.1. The number of rotatable bonds is 9. The topological polar surface area (TPSA) is 114 Å². The number of amides is 2. The molecule has 13 heteroatoms. The van der Waals surface area contributed by atoms with E-state index < -0.39 is 36.0 Å². The zero-order valence-electron chi connectivity index (χ0n) is 22.0. The Morgan fingerprint density at radius 3 is 2.51 bits per heavy atom. The molecule has 1 aromatic heterocycles. The van der Waals surface area contributed by atoms with Crippen LogP contribution in [0.3, 0.4) is 0 Å². The number of carbonyl (C=O) groups excluding carboxylic acids is 3. The molecule has 1 aliphatic rings. The van der Waals surface area contributed by atoms with E-state index in [-0.39, 0.29) is 18.4 Å². The van der Waals surface area contributed by atoms with E-state index in [0.29, 0.717) is 30.8 Å². The highest BCUT2D eigenvalue weighted by molar-refractivity contribution is 7.15. The first kappa shape index (κ1) is 30.2. The summed E-state index contributed by atoms with van der Waals surface area (Å²) in [5, 5.41) is 15.4. The third-order valence-corrected chi connectivity index (χ3v) is 7.14. The highest BCUT2D eigenvalue weighted by Gasteiger charge is 2.44. The Bertz CT molecular complexity index is 1160. The molecule has 0 bridgehead atoms. The van der Waals surface area contributed by atoms with Crippen LogP contribution in [0.1, 0.15) is 57.0 Å². The molecule has 9 nitrogen and oxygen atoms in total. The summed E-state index contributed by atoms with van der Waals surface area (Å²) in [7, 11) is 0. The molecule has 1 saturated heterocycles. The smallest absolute Gasteiger partial charge is 0.360 e. The van der Waals surface area contributed by atoms with Gasteiger partial charge in [-0.2, -0.15) is 13.2 Å². The van der Waals surface area contributed by atoms with Crippen molar-refractivity contribution in [1.29, 1.82) is 0 Å². The minimum atomic E-state index is -5.17. The third-order valence-electron chi connectivity index (χ3n) is 5.88. The second-order valence-electron chi connectivity index (χ2n) is 10.2. The van der Waals surface area contributed by atoms with Gasteiger partial charge in [0, 0.05) is 24.1 Å². The van der Waals surface area contributed by atoms with Gasteiger partial charge >= 0.3 is 12.1 Å². The molecule has 0 radical (unpaired) electrons. The molecule has 0 saturated carbocycles. The number of hydrogen-bond donors (Lipinski definition) is 2. The van der Waals surface area contributed by atoms with E-state index in [9.17, 15) is 27.6 Å². The summed E-state index contributed by atoms with van der Waals surface area (Å²) in [6.45, 7) is 5.95. The second-order valence-corrected chi connectivity index (χ2v) is 11.2. The molecule has 2 N–H and O–H groups in total. The summed E-state index contributed by atoms with van der Waals surface area (Å²) < 4.78 is 38.2. The molecule has 0 spiro atoms. The van der Waals surface area contributed by atoms with Crippen LogP contribution in [0, 0.1) is 0 Å². The first-order valence-corrected chi connectivity index (χ1v) is 13.4. The summed E-state index contributed by atoms with van der Waals surface area (Å²) in [4.78, 5) is 41.6. The lowest BCUT2D eigenvalue weighted by atomic mass is 9.98. The maximum atomic E-state index is 13.1. The van der Waals surface area contributed by atoms with Crippen molar-refractivity contribution in [2.45, 2.75) is 76.6 Å². The van der Waals surface area contributed by atoms with Crippen LogP contribution in [0.2, 0.25) is 0 Å². The minimum absolute atomic E-state index is 0.00520. The molecule has 1 aromatic carbocycles. The molecule has 39 heavy (non-hydrogen) atoms. The van der Waals surface area contributed by atoms with Gasteiger partial charge in [0.1, 0.15) is 11.0 Å². The van der Waals surface area contributed by atoms with E-state index in [1.807, 2.05) is 51.1 Å². The van der Waals surface area contributed by atoms with Gasteiger partial charge in [-0.25, -0.2) is 4.79 Å². The molecule has 0 unspecified atom stereocenters. The Morgan fingerprint density at radius 2 is 1.87 bits per heavy atom. The summed E-state index contributed by atoms with van der Waals surface area (Å²) in [5.41, 5.74) is 0.793.